The number of aliphatic imine (C=N–C) groups is 1. The molecule has 6 nitrogen and oxygen atoms in total. The molecule has 2 N–H and O–H groups in total. The number of ether oxygens (including phenoxy) is 2. The molecule has 2 aromatic rings. The number of rotatable bonds is 4. The Labute approximate surface area is 167 Å². The van der Waals surface area contributed by atoms with Crippen LogP contribution in [0.1, 0.15) is 12.0 Å². The van der Waals surface area contributed by atoms with Crippen molar-refractivity contribution < 1.29 is 9.47 Å². The first kappa shape index (κ1) is 18.0. The van der Waals surface area contributed by atoms with Gasteiger partial charge >= 0.3 is 0 Å². The van der Waals surface area contributed by atoms with Gasteiger partial charge in [-0.1, -0.05) is 18.2 Å². The number of para-hydroxylation sites is 1. The summed E-state index contributed by atoms with van der Waals surface area (Å²) in [4.78, 5) is 6.77. The van der Waals surface area contributed by atoms with E-state index in [9.17, 15) is 0 Å². The third-order valence-electron chi connectivity index (χ3n) is 4.82. The summed E-state index contributed by atoms with van der Waals surface area (Å²) < 4.78 is 11.8. The van der Waals surface area contributed by atoms with Crippen LogP contribution in [0.3, 0.4) is 0 Å². The molecule has 2 heterocycles. The van der Waals surface area contributed by atoms with Crippen molar-refractivity contribution in [3.05, 3.63) is 52.5 Å². The monoisotopic (exact) mass is 430 g/mol. The first-order chi connectivity index (χ1) is 13.2. The highest BCUT2D eigenvalue weighted by Gasteiger charge is 2.23. The summed E-state index contributed by atoms with van der Waals surface area (Å²) in [7, 11) is 1.80. The highest BCUT2D eigenvalue weighted by atomic mass is 79.9. The molecule has 1 atom stereocenters. The minimum atomic E-state index is 0.271. The van der Waals surface area contributed by atoms with Gasteiger partial charge in [0.1, 0.15) is 0 Å². The third kappa shape index (κ3) is 4.13. The Hall–Kier alpha value is -2.41. The predicted molar refractivity (Wildman–Crippen MR) is 111 cm³/mol. The highest BCUT2D eigenvalue weighted by molar-refractivity contribution is 9.10. The van der Waals surface area contributed by atoms with Crippen LogP contribution in [0.25, 0.3) is 0 Å². The summed E-state index contributed by atoms with van der Waals surface area (Å²) in [6.07, 6.45) is 1.09. The van der Waals surface area contributed by atoms with Gasteiger partial charge in [-0.15, -0.1) is 0 Å². The number of halogens is 1. The van der Waals surface area contributed by atoms with Gasteiger partial charge in [0.15, 0.2) is 17.5 Å². The van der Waals surface area contributed by atoms with Crippen LogP contribution in [0.5, 0.6) is 11.5 Å². The van der Waals surface area contributed by atoms with Crippen LogP contribution >= 0.6 is 15.9 Å². The molecule has 0 saturated carbocycles. The Morgan fingerprint density at radius 1 is 1.26 bits per heavy atom. The standard InChI is InChI=1S/C20H23BrN4O2/c1-22-20(23-11-14-9-17(21)19-18(10-14)26-13-27-19)24-15-7-8-25(12-15)16-5-3-2-4-6-16/h2-6,9-10,15H,7-8,11-13H2,1H3,(H2,22,23,24). The fourth-order valence-electron chi connectivity index (χ4n) is 3.45. The van der Waals surface area contributed by atoms with Crippen molar-refractivity contribution in [3.8, 4) is 11.5 Å². The van der Waals surface area contributed by atoms with Gasteiger partial charge < -0.3 is 25.0 Å². The zero-order valence-electron chi connectivity index (χ0n) is 15.2. The zero-order chi connectivity index (χ0) is 18.6. The van der Waals surface area contributed by atoms with Gasteiger partial charge in [0.05, 0.1) is 4.47 Å². The normalized spacial score (nSPS) is 18.7. The van der Waals surface area contributed by atoms with Crippen molar-refractivity contribution in [2.75, 3.05) is 31.8 Å². The smallest absolute Gasteiger partial charge is 0.231 e. The topological polar surface area (TPSA) is 58.1 Å². The van der Waals surface area contributed by atoms with Crippen LogP contribution in [0.15, 0.2) is 51.9 Å². The SMILES string of the molecule is CN=C(NCc1cc(Br)c2c(c1)OCO2)NC1CCN(c2ccccc2)C1. The molecular weight excluding hydrogens is 408 g/mol. The maximum absolute atomic E-state index is 5.48. The average molecular weight is 431 g/mol. The lowest BCUT2D eigenvalue weighted by molar-refractivity contribution is 0.173. The van der Waals surface area contributed by atoms with Gasteiger partial charge in [0, 0.05) is 38.4 Å². The number of hydrogen-bond acceptors (Lipinski definition) is 4. The second kappa shape index (κ2) is 8.08. The molecule has 0 aromatic heterocycles. The van der Waals surface area contributed by atoms with Gasteiger partial charge in [0.2, 0.25) is 6.79 Å². The Balaban J connectivity index is 1.32. The number of nitrogens with zero attached hydrogens (tertiary/aromatic N) is 2. The van der Waals surface area contributed by atoms with Crippen molar-refractivity contribution >= 4 is 27.6 Å². The zero-order valence-corrected chi connectivity index (χ0v) is 16.8. The molecule has 4 rings (SSSR count). The van der Waals surface area contributed by atoms with E-state index >= 15 is 0 Å². The Morgan fingerprint density at radius 2 is 2.11 bits per heavy atom. The number of guanidine groups is 1. The Kier molecular flexibility index (Phi) is 5.38. The van der Waals surface area contributed by atoms with Gasteiger partial charge in [0.25, 0.3) is 0 Å². The summed E-state index contributed by atoms with van der Waals surface area (Å²) >= 11 is 3.54. The first-order valence-corrected chi connectivity index (χ1v) is 9.87. The van der Waals surface area contributed by atoms with Crippen LogP contribution in [-0.4, -0.2) is 38.9 Å². The van der Waals surface area contributed by atoms with E-state index in [4.69, 9.17) is 9.47 Å². The fourth-order valence-corrected chi connectivity index (χ4v) is 4.05. The molecule has 1 saturated heterocycles. The third-order valence-corrected chi connectivity index (χ3v) is 5.41. The highest BCUT2D eigenvalue weighted by Crippen LogP contribution is 2.39. The largest absolute Gasteiger partial charge is 0.454 e. The van der Waals surface area contributed by atoms with Crippen LogP contribution < -0.4 is 25.0 Å². The second-order valence-corrected chi connectivity index (χ2v) is 7.50. The van der Waals surface area contributed by atoms with E-state index in [1.54, 1.807) is 7.05 Å². The molecule has 0 aliphatic carbocycles. The minimum absolute atomic E-state index is 0.271. The van der Waals surface area contributed by atoms with Gasteiger partial charge in [-0.25, -0.2) is 0 Å². The molecular formula is C20H23BrN4O2. The maximum Gasteiger partial charge on any atom is 0.231 e. The van der Waals surface area contributed by atoms with E-state index in [2.05, 4.69) is 66.8 Å². The van der Waals surface area contributed by atoms with Crippen LogP contribution in [0.2, 0.25) is 0 Å². The van der Waals surface area contributed by atoms with E-state index in [1.807, 2.05) is 12.1 Å². The second-order valence-electron chi connectivity index (χ2n) is 6.65. The van der Waals surface area contributed by atoms with E-state index in [0.29, 0.717) is 12.6 Å². The Morgan fingerprint density at radius 3 is 2.93 bits per heavy atom. The van der Waals surface area contributed by atoms with Crippen molar-refractivity contribution in [2.24, 2.45) is 4.99 Å². The van der Waals surface area contributed by atoms with E-state index < -0.39 is 0 Å². The van der Waals surface area contributed by atoms with Gasteiger partial charge in [-0.2, -0.15) is 0 Å². The Bertz CT molecular complexity index is 828. The molecule has 0 amide bonds. The number of nitrogens with one attached hydrogen (secondary N) is 2. The van der Waals surface area contributed by atoms with E-state index in [0.717, 1.165) is 47.0 Å². The molecule has 2 aliphatic heterocycles. The van der Waals surface area contributed by atoms with Crippen molar-refractivity contribution in [1.82, 2.24) is 10.6 Å². The van der Waals surface area contributed by atoms with Gasteiger partial charge in [-0.05, 0) is 52.2 Å². The predicted octanol–water partition coefficient (Wildman–Crippen LogP) is 3.12. The van der Waals surface area contributed by atoms with E-state index in [-0.39, 0.29) is 6.79 Å². The molecule has 0 bridgehead atoms. The number of hydrogen-bond donors (Lipinski definition) is 2. The number of anilines is 1. The molecule has 27 heavy (non-hydrogen) atoms. The molecule has 1 fully saturated rings. The molecule has 7 heteroatoms. The maximum atomic E-state index is 5.48. The molecule has 0 radical (unpaired) electrons. The molecule has 2 aliphatic rings. The van der Waals surface area contributed by atoms with Crippen molar-refractivity contribution in [3.63, 3.8) is 0 Å². The quantitative estimate of drug-likeness (QED) is 0.576. The van der Waals surface area contributed by atoms with Crippen molar-refractivity contribution in [2.45, 2.75) is 19.0 Å². The minimum Gasteiger partial charge on any atom is -0.454 e. The van der Waals surface area contributed by atoms with E-state index in [1.165, 1.54) is 5.69 Å². The van der Waals surface area contributed by atoms with Crippen molar-refractivity contribution in [1.29, 1.82) is 0 Å². The lowest BCUT2D eigenvalue weighted by atomic mass is 10.2. The van der Waals surface area contributed by atoms with Gasteiger partial charge in [-0.3, -0.25) is 4.99 Å². The fraction of sp³-hybridized carbons (Fsp3) is 0.350. The van der Waals surface area contributed by atoms with Crippen LogP contribution in [0, 0.1) is 0 Å². The summed E-state index contributed by atoms with van der Waals surface area (Å²) in [6, 6.07) is 15.0. The average Bonchev–Trinajstić information content (AvgIpc) is 3.35. The lowest BCUT2D eigenvalue weighted by Gasteiger charge is -2.20. The van der Waals surface area contributed by atoms with Crippen LogP contribution in [0.4, 0.5) is 5.69 Å². The summed E-state index contributed by atoms with van der Waals surface area (Å²) in [5, 5.41) is 6.92. The van der Waals surface area contributed by atoms with Crippen LogP contribution in [-0.2, 0) is 6.54 Å². The summed E-state index contributed by atoms with van der Waals surface area (Å²) in [5.74, 6) is 2.36. The first-order valence-electron chi connectivity index (χ1n) is 9.08. The molecule has 142 valence electrons. The molecule has 1 unspecified atom stereocenters. The summed E-state index contributed by atoms with van der Waals surface area (Å²) in [5.41, 5.74) is 2.38. The molecule has 0 spiro atoms. The molecule has 2 aromatic carbocycles. The number of benzene rings is 2. The number of fused-ring (bicyclic) bond motifs is 1. The summed E-state index contributed by atoms with van der Waals surface area (Å²) in [6.45, 7) is 2.95. The lowest BCUT2D eigenvalue weighted by Crippen LogP contribution is -2.44.